The summed E-state index contributed by atoms with van der Waals surface area (Å²) in [6.07, 6.45) is 4.49. The summed E-state index contributed by atoms with van der Waals surface area (Å²) in [5.74, 6) is 0.154. The highest BCUT2D eigenvalue weighted by molar-refractivity contribution is 7.10. The minimum absolute atomic E-state index is 0.154. The van der Waals surface area contributed by atoms with Crippen molar-refractivity contribution in [3.8, 4) is 0 Å². The number of nitrogens with zero attached hydrogens (tertiary/aromatic N) is 1. The van der Waals surface area contributed by atoms with E-state index in [2.05, 4.69) is 46.1 Å². The van der Waals surface area contributed by atoms with E-state index in [1.165, 1.54) is 28.2 Å². The number of thiophene rings is 2. The number of carbonyl (C=O) groups excluding carboxylic acids is 1. The van der Waals surface area contributed by atoms with Crippen LogP contribution >= 0.6 is 22.7 Å². The average Bonchev–Trinajstić information content (AvgIpc) is 3.22. The second-order valence-corrected chi connectivity index (χ2v) is 7.97. The van der Waals surface area contributed by atoms with Crippen LogP contribution in [-0.2, 0) is 11.2 Å². The number of hydrogen-bond acceptors (Lipinski definition) is 4. The van der Waals surface area contributed by atoms with Crippen molar-refractivity contribution < 1.29 is 4.79 Å². The molecule has 0 spiro atoms. The molecular weight excluding hydrogens is 324 g/mol. The lowest BCUT2D eigenvalue weighted by molar-refractivity contribution is -0.122. The Morgan fingerprint density at radius 3 is 3.00 bits per heavy atom. The van der Waals surface area contributed by atoms with E-state index in [1.54, 1.807) is 11.3 Å². The summed E-state index contributed by atoms with van der Waals surface area (Å²) in [7, 11) is 0. The molecule has 1 unspecified atom stereocenters. The standard InChI is InChI=1S/C18H24N2OS2/c1-2-3-4-9-19-17(21)13-20-10-7-15-14(8-12-23-15)18(20)16-6-5-11-22-16/h5-6,8,11-12,18H,2-4,7,9-10,13H2,1H3,(H,19,21). The summed E-state index contributed by atoms with van der Waals surface area (Å²) in [6, 6.07) is 6.76. The van der Waals surface area contributed by atoms with Gasteiger partial charge in [0.05, 0.1) is 12.6 Å². The number of unbranched alkanes of at least 4 members (excludes halogenated alkanes) is 2. The number of nitrogens with one attached hydrogen (secondary N) is 1. The number of rotatable bonds is 7. The van der Waals surface area contributed by atoms with Gasteiger partial charge in [-0.05, 0) is 41.3 Å². The first-order valence-corrected chi connectivity index (χ1v) is 10.2. The molecule has 2 aromatic heterocycles. The lowest BCUT2D eigenvalue weighted by atomic mass is 9.98. The van der Waals surface area contributed by atoms with E-state index < -0.39 is 0 Å². The highest BCUT2D eigenvalue weighted by Gasteiger charge is 2.31. The maximum absolute atomic E-state index is 12.3. The first-order valence-electron chi connectivity index (χ1n) is 8.40. The number of fused-ring (bicyclic) bond motifs is 1. The van der Waals surface area contributed by atoms with Crippen LogP contribution in [0.25, 0.3) is 0 Å². The minimum Gasteiger partial charge on any atom is -0.355 e. The van der Waals surface area contributed by atoms with Gasteiger partial charge >= 0.3 is 0 Å². The van der Waals surface area contributed by atoms with Gasteiger partial charge < -0.3 is 5.32 Å². The smallest absolute Gasteiger partial charge is 0.234 e. The molecule has 1 atom stereocenters. The molecule has 0 aromatic carbocycles. The zero-order chi connectivity index (χ0) is 16.1. The van der Waals surface area contributed by atoms with E-state index in [9.17, 15) is 4.79 Å². The van der Waals surface area contributed by atoms with Crippen LogP contribution < -0.4 is 5.32 Å². The van der Waals surface area contributed by atoms with Gasteiger partial charge in [0.1, 0.15) is 0 Å². The fraction of sp³-hybridized carbons (Fsp3) is 0.500. The van der Waals surface area contributed by atoms with Crippen molar-refractivity contribution in [2.24, 2.45) is 0 Å². The van der Waals surface area contributed by atoms with Gasteiger partial charge in [-0.1, -0.05) is 25.8 Å². The number of amides is 1. The molecule has 0 fully saturated rings. The number of hydrogen-bond donors (Lipinski definition) is 1. The molecule has 0 radical (unpaired) electrons. The Morgan fingerprint density at radius 2 is 2.22 bits per heavy atom. The molecule has 0 saturated heterocycles. The molecule has 0 saturated carbocycles. The summed E-state index contributed by atoms with van der Waals surface area (Å²) in [5, 5.41) is 7.38. The van der Waals surface area contributed by atoms with Crippen LogP contribution in [0.4, 0.5) is 0 Å². The Bertz CT molecular complexity index is 621. The number of carbonyl (C=O) groups is 1. The van der Waals surface area contributed by atoms with E-state index in [4.69, 9.17) is 0 Å². The summed E-state index contributed by atoms with van der Waals surface area (Å²) in [6.45, 7) is 4.43. The highest BCUT2D eigenvalue weighted by atomic mass is 32.1. The SMILES string of the molecule is CCCCCNC(=O)CN1CCc2sccc2C1c1cccs1. The summed E-state index contributed by atoms with van der Waals surface area (Å²) >= 11 is 3.63. The van der Waals surface area contributed by atoms with Crippen LogP contribution in [0.1, 0.15) is 47.5 Å². The fourth-order valence-corrected chi connectivity index (χ4v) is 4.94. The molecular formula is C18H24N2OS2. The lowest BCUT2D eigenvalue weighted by Crippen LogP contribution is -2.42. The van der Waals surface area contributed by atoms with Gasteiger partial charge in [0.25, 0.3) is 0 Å². The fourth-order valence-electron chi connectivity index (χ4n) is 3.16. The Morgan fingerprint density at radius 1 is 1.30 bits per heavy atom. The van der Waals surface area contributed by atoms with E-state index in [-0.39, 0.29) is 11.9 Å². The molecule has 1 amide bonds. The molecule has 1 N–H and O–H groups in total. The normalized spacial score (nSPS) is 17.9. The van der Waals surface area contributed by atoms with Gasteiger partial charge in [0, 0.05) is 22.8 Å². The molecule has 1 aliphatic heterocycles. The minimum atomic E-state index is 0.154. The third-order valence-corrected chi connectivity index (χ3v) is 6.25. The molecule has 23 heavy (non-hydrogen) atoms. The largest absolute Gasteiger partial charge is 0.355 e. The van der Waals surface area contributed by atoms with Gasteiger partial charge in [-0.25, -0.2) is 0 Å². The van der Waals surface area contributed by atoms with Crippen molar-refractivity contribution in [1.82, 2.24) is 10.2 Å². The molecule has 0 bridgehead atoms. The summed E-state index contributed by atoms with van der Waals surface area (Å²) < 4.78 is 0. The Kier molecular flexibility index (Phi) is 5.86. The van der Waals surface area contributed by atoms with Gasteiger partial charge in [-0.2, -0.15) is 0 Å². The van der Waals surface area contributed by atoms with E-state index in [0.29, 0.717) is 6.54 Å². The molecule has 124 valence electrons. The second kappa shape index (κ2) is 8.08. The van der Waals surface area contributed by atoms with Crippen LogP contribution in [0, 0.1) is 0 Å². The maximum atomic E-state index is 12.3. The summed E-state index contributed by atoms with van der Waals surface area (Å²) in [5.41, 5.74) is 1.39. The molecule has 3 rings (SSSR count). The third kappa shape index (κ3) is 4.03. The van der Waals surface area contributed by atoms with E-state index in [0.717, 1.165) is 25.9 Å². The highest BCUT2D eigenvalue weighted by Crippen LogP contribution is 2.39. The van der Waals surface area contributed by atoms with E-state index in [1.807, 2.05) is 11.3 Å². The maximum Gasteiger partial charge on any atom is 0.234 e. The molecule has 0 aliphatic carbocycles. The molecule has 2 aromatic rings. The van der Waals surface area contributed by atoms with Gasteiger partial charge in [0.2, 0.25) is 5.91 Å². The van der Waals surface area contributed by atoms with Crippen molar-refractivity contribution in [2.75, 3.05) is 19.6 Å². The van der Waals surface area contributed by atoms with Gasteiger partial charge in [-0.3, -0.25) is 9.69 Å². The molecule has 3 heterocycles. The molecule has 5 heteroatoms. The molecule has 1 aliphatic rings. The van der Waals surface area contributed by atoms with Crippen molar-refractivity contribution in [3.63, 3.8) is 0 Å². The average molecular weight is 349 g/mol. The van der Waals surface area contributed by atoms with Crippen molar-refractivity contribution in [3.05, 3.63) is 44.3 Å². The second-order valence-electron chi connectivity index (χ2n) is 5.99. The Labute approximate surface area is 146 Å². The van der Waals surface area contributed by atoms with Crippen molar-refractivity contribution in [2.45, 2.75) is 38.6 Å². The van der Waals surface area contributed by atoms with Gasteiger partial charge in [-0.15, -0.1) is 22.7 Å². The first kappa shape index (κ1) is 16.7. The topological polar surface area (TPSA) is 32.3 Å². The van der Waals surface area contributed by atoms with Crippen LogP contribution in [0.2, 0.25) is 0 Å². The van der Waals surface area contributed by atoms with Crippen molar-refractivity contribution >= 4 is 28.6 Å². The van der Waals surface area contributed by atoms with Crippen LogP contribution in [0.3, 0.4) is 0 Å². The monoisotopic (exact) mass is 348 g/mol. The zero-order valence-electron chi connectivity index (χ0n) is 13.6. The zero-order valence-corrected chi connectivity index (χ0v) is 15.2. The predicted octanol–water partition coefficient (Wildman–Crippen LogP) is 4.06. The Balaban J connectivity index is 1.67. The third-order valence-electron chi connectivity index (χ3n) is 4.33. The quantitative estimate of drug-likeness (QED) is 0.765. The van der Waals surface area contributed by atoms with Crippen LogP contribution in [-0.4, -0.2) is 30.4 Å². The van der Waals surface area contributed by atoms with E-state index >= 15 is 0 Å². The Hall–Kier alpha value is -1.17. The van der Waals surface area contributed by atoms with Crippen molar-refractivity contribution in [1.29, 1.82) is 0 Å². The summed E-state index contributed by atoms with van der Waals surface area (Å²) in [4.78, 5) is 17.4. The van der Waals surface area contributed by atoms with Crippen LogP contribution in [0.15, 0.2) is 29.0 Å². The lowest BCUT2D eigenvalue weighted by Gasteiger charge is -2.34. The van der Waals surface area contributed by atoms with Crippen LogP contribution in [0.5, 0.6) is 0 Å². The van der Waals surface area contributed by atoms with Gasteiger partial charge in [0.15, 0.2) is 0 Å². The first-order chi connectivity index (χ1) is 11.3. The predicted molar refractivity (Wildman–Crippen MR) is 98.3 cm³/mol. The molecule has 3 nitrogen and oxygen atoms in total.